The fraction of sp³-hybridized carbons (Fsp3) is 0.265. The van der Waals surface area contributed by atoms with E-state index in [9.17, 15) is 18.0 Å². The number of aryl methyl sites for hydroxylation is 2. The van der Waals surface area contributed by atoms with Gasteiger partial charge in [0, 0.05) is 54.8 Å². The van der Waals surface area contributed by atoms with Gasteiger partial charge in [-0.15, -0.1) is 0 Å². The van der Waals surface area contributed by atoms with Crippen molar-refractivity contribution in [3.8, 4) is 11.8 Å². The quantitative estimate of drug-likeness (QED) is 0.186. The number of pyridine rings is 1. The van der Waals surface area contributed by atoms with Crippen LogP contribution in [0.4, 0.5) is 30.4 Å². The van der Waals surface area contributed by atoms with E-state index in [0.29, 0.717) is 35.0 Å². The highest BCUT2D eigenvalue weighted by atomic mass is 19.4. The largest absolute Gasteiger partial charge is 0.416 e. The Bertz CT molecular complexity index is 1970. The van der Waals surface area contributed by atoms with Gasteiger partial charge in [-0.1, -0.05) is 23.2 Å². The van der Waals surface area contributed by atoms with E-state index in [2.05, 4.69) is 37.9 Å². The van der Waals surface area contributed by atoms with E-state index in [-0.39, 0.29) is 29.4 Å². The fourth-order valence-corrected chi connectivity index (χ4v) is 5.51. The van der Waals surface area contributed by atoms with E-state index in [0.717, 1.165) is 30.3 Å². The third kappa shape index (κ3) is 6.75. The smallest absolute Gasteiger partial charge is 0.360 e. The Balaban J connectivity index is 1.20. The van der Waals surface area contributed by atoms with Crippen molar-refractivity contribution in [1.82, 2.24) is 24.8 Å². The van der Waals surface area contributed by atoms with Gasteiger partial charge in [0.15, 0.2) is 11.5 Å². The summed E-state index contributed by atoms with van der Waals surface area (Å²) < 4.78 is 49.1. The van der Waals surface area contributed by atoms with Crippen molar-refractivity contribution < 1.29 is 22.5 Å². The number of carbonyl (C=O) groups is 1. The molecule has 1 aliphatic heterocycles. The Kier molecular flexibility index (Phi) is 8.53. The number of benzene rings is 2. The SMILES string of the molecule is CNC1CCN(Cc2ccc(NC(=O)c3ccc(C)c(C#Cc4cnc5c(Nc6cc(C)on6)cccn45)c3)cc2C(F)(F)F)C1. The fourth-order valence-electron chi connectivity index (χ4n) is 5.51. The molecular formula is C34H32F3N7O2. The number of nitrogens with zero attached hydrogens (tertiary/aromatic N) is 4. The molecule has 3 N–H and O–H groups in total. The highest BCUT2D eigenvalue weighted by molar-refractivity contribution is 6.04. The average molecular weight is 628 g/mol. The van der Waals surface area contributed by atoms with Gasteiger partial charge in [-0.25, -0.2) is 4.98 Å². The van der Waals surface area contributed by atoms with Crippen LogP contribution in [0.2, 0.25) is 0 Å². The zero-order chi connectivity index (χ0) is 32.4. The zero-order valence-corrected chi connectivity index (χ0v) is 25.5. The molecule has 0 aliphatic carbocycles. The van der Waals surface area contributed by atoms with Crippen LogP contribution in [0.15, 0.2) is 71.5 Å². The van der Waals surface area contributed by atoms with Gasteiger partial charge in [-0.2, -0.15) is 13.2 Å². The van der Waals surface area contributed by atoms with Crippen LogP contribution in [0.3, 0.4) is 0 Å². The Labute approximate surface area is 263 Å². The number of aromatic nitrogens is 3. The van der Waals surface area contributed by atoms with Crippen molar-refractivity contribution in [1.29, 1.82) is 0 Å². The highest BCUT2D eigenvalue weighted by Crippen LogP contribution is 2.35. The highest BCUT2D eigenvalue weighted by Gasteiger charge is 2.35. The van der Waals surface area contributed by atoms with Crippen molar-refractivity contribution in [2.75, 3.05) is 30.8 Å². The Hall–Kier alpha value is -5.12. The second-order valence-electron chi connectivity index (χ2n) is 11.3. The predicted octanol–water partition coefficient (Wildman–Crippen LogP) is 6.15. The third-order valence-corrected chi connectivity index (χ3v) is 8.00. The van der Waals surface area contributed by atoms with Gasteiger partial charge in [-0.3, -0.25) is 14.1 Å². The van der Waals surface area contributed by atoms with E-state index in [1.807, 2.05) is 41.6 Å². The van der Waals surface area contributed by atoms with Gasteiger partial charge < -0.3 is 20.5 Å². The molecule has 1 unspecified atom stereocenters. The number of fused-ring (bicyclic) bond motifs is 1. The normalized spacial score (nSPS) is 15.1. The maximum absolute atomic E-state index is 14.0. The molecule has 0 saturated carbocycles. The maximum Gasteiger partial charge on any atom is 0.416 e. The number of hydrogen-bond donors (Lipinski definition) is 3. The lowest BCUT2D eigenvalue weighted by Gasteiger charge is -2.20. The molecule has 1 aliphatic rings. The molecule has 6 rings (SSSR count). The Morgan fingerprint density at radius 3 is 2.70 bits per heavy atom. The van der Waals surface area contributed by atoms with Crippen LogP contribution in [0, 0.1) is 25.7 Å². The van der Waals surface area contributed by atoms with Gasteiger partial charge >= 0.3 is 6.18 Å². The molecule has 4 heterocycles. The molecule has 3 aromatic heterocycles. The lowest BCUT2D eigenvalue weighted by molar-refractivity contribution is -0.138. The number of carbonyl (C=O) groups excluding carboxylic acids is 1. The lowest BCUT2D eigenvalue weighted by Crippen LogP contribution is -2.29. The molecule has 12 heteroatoms. The number of hydrogen-bond acceptors (Lipinski definition) is 7. The molecule has 236 valence electrons. The molecule has 46 heavy (non-hydrogen) atoms. The Morgan fingerprint density at radius 2 is 1.96 bits per heavy atom. The number of halogens is 3. The van der Waals surface area contributed by atoms with E-state index < -0.39 is 17.6 Å². The van der Waals surface area contributed by atoms with Gasteiger partial charge in [0.1, 0.15) is 11.5 Å². The van der Waals surface area contributed by atoms with Crippen LogP contribution in [0.1, 0.15) is 50.5 Å². The van der Waals surface area contributed by atoms with Crippen molar-refractivity contribution in [2.45, 2.75) is 39.0 Å². The summed E-state index contributed by atoms with van der Waals surface area (Å²) in [7, 11) is 1.86. The summed E-state index contributed by atoms with van der Waals surface area (Å²) >= 11 is 0. The van der Waals surface area contributed by atoms with Crippen LogP contribution in [-0.4, -0.2) is 51.5 Å². The number of likely N-dealkylation sites (tertiary alicyclic amines) is 1. The number of amides is 1. The molecule has 1 atom stereocenters. The number of anilines is 3. The van der Waals surface area contributed by atoms with Crippen LogP contribution < -0.4 is 16.0 Å². The van der Waals surface area contributed by atoms with Gasteiger partial charge in [0.05, 0.1) is 17.4 Å². The number of imidazole rings is 1. The molecule has 0 bridgehead atoms. The molecule has 2 aromatic carbocycles. The van der Waals surface area contributed by atoms with Crippen LogP contribution in [0.25, 0.3) is 5.65 Å². The average Bonchev–Trinajstić information content (AvgIpc) is 3.77. The number of alkyl halides is 3. The van der Waals surface area contributed by atoms with Crippen LogP contribution >= 0.6 is 0 Å². The predicted molar refractivity (Wildman–Crippen MR) is 169 cm³/mol. The van der Waals surface area contributed by atoms with Gasteiger partial charge in [0.25, 0.3) is 5.91 Å². The summed E-state index contributed by atoms with van der Waals surface area (Å²) in [6.45, 7) is 5.27. The minimum Gasteiger partial charge on any atom is -0.360 e. The Morgan fingerprint density at radius 1 is 1.11 bits per heavy atom. The molecule has 1 fully saturated rings. The van der Waals surface area contributed by atoms with Crippen LogP contribution in [0.5, 0.6) is 0 Å². The molecule has 1 saturated heterocycles. The molecule has 9 nitrogen and oxygen atoms in total. The third-order valence-electron chi connectivity index (χ3n) is 8.00. The number of rotatable bonds is 7. The zero-order valence-electron chi connectivity index (χ0n) is 25.5. The number of nitrogens with one attached hydrogen (secondary N) is 3. The van der Waals surface area contributed by atoms with E-state index in [1.54, 1.807) is 37.4 Å². The van der Waals surface area contributed by atoms with E-state index in [1.165, 1.54) is 12.1 Å². The van der Waals surface area contributed by atoms with E-state index in [4.69, 9.17) is 4.52 Å². The summed E-state index contributed by atoms with van der Waals surface area (Å²) in [6.07, 6.45) is -0.184. The topological polar surface area (TPSA) is 99.7 Å². The van der Waals surface area contributed by atoms with Gasteiger partial charge in [0.2, 0.25) is 0 Å². The first-order valence-corrected chi connectivity index (χ1v) is 14.8. The maximum atomic E-state index is 14.0. The van der Waals surface area contributed by atoms with Crippen molar-refractivity contribution >= 4 is 28.7 Å². The van der Waals surface area contributed by atoms with Crippen LogP contribution in [-0.2, 0) is 12.7 Å². The molecular weight excluding hydrogens is 595 g/mol. The minimum atomic E-state index is -4.56. The molecule has 1 amide bonds. The van der Waals surface area contributed by atoms with Crippen molar-refractivity contribution in [2.24, 2.45) is 0 Å². The van der Waals surface area contributed by atoms with E-state index >= 15 is 0 Å². The second-order valence-corrected chi connectivity index (χ2v) is 11.3. The first-order chi connectivity index (χ1) is 22.1. The van der Waals surface area contributed by atoms with Crippen molar-refractivity contribution in [3.63, 3.8) is 0 Å². The first kappa shape index (κ1) is 30.9. The summed E-state index contributed by atoms with van der Waals surface area (Å²) in [5, 5.41) is 13.0. The monoisotopic (exact) mass is 627 g/mol. The summed E-state index contributed by atoms with van der Waals surface area (Å²) in [6, 6.07) is 14.7. The summed E-state index contributed by atoms with van der Waals surface area (Å²) in [4.78, 5) is 19.7. The minimum absolute atomic E-state index is 0.0692. The molecule has 5 aromatic rings. The number of likely N-dealkylation sites (N-methyl/N-ethyl adjacent to an activating group) is 1. The second kappa shape index (κ2) is 12.7. The van der Waals surface area contributed by atoms with Crippen molar-refractivity contribution in [3.05, 3.63) is 106 Å². The summed E-state index contributed by atoms with van der Waals surface area (Å²) in [5.74, 6) is 6.95. The lowest BCUT2D eigenvalue weighted by atomic mass is 10.0. The first-order valence-electron chi connectivity index (χ1n) is 14.8. The standard InChI is InChI=1S/C34H32F3N7O2/c1-21-6-7-24(33(45)40-26-10-8-25(29(17-26)34(35,36)37)19-43-14-12-27(20-43)38-3)16-23(21)9-11-28-18-39-32-30(5-4-13-44(28)32)41-31-15-22(2)46-42-31/h4-8,10,13,15-18,27,38H,12,14,19-20H2,1-3H3,(H,40,45)(H,41,42). The summed E-state index contributed by atoms with van der Waals surface area (Å²) in [5.41, 5.74) is 3.20. The van der Waals surface area contributed by atoms with Gasteiger partial charge in [-0.05, 0) is 80.8 Å². The molecule has 0 radical (unpaired) electrons. The molecule has 0 spiro atoms.